The van der Waals surface area contributed by atoms with Crippen LogP contribution in [-0.4, -0.2) is 51.2 Å². The Kier molecular flexibility index (Phi) is 5.10. The number of carbonyl (C=O) groups excluding carboxylic acids is 1. The van der Waals surface area contributed by atoms with E-state index in [-0.39, 0.29) is 12.0 Å². The number of aromatic nitrogens is 2. The van der Waals surface area contributed by atoms with Crippen molar-refractivity contribution in [2.45, 2.75) is 38.9 Å². The summed E-state index contributed by atoms with van der Waals surface area (Å²) in [5, 5.41) is 11.7. The fourth-order valence-corrected chi connectivity index (χ4v) is 5.09. The summed E-state index contributed by atoms with van der Waals surface area (Å²) in [5.74, 6) is 1.35. The molecule has 1 aliphatic heterocycles. The summed E-state index contributed by atoms with van der Waals surface area (Å²) < 4.78 is 6.17. The average molecular weight is 418 g/mol. The molecule has 0 unspecified atom stereocenters. The maximum absolute atomic E-state index is 13.3. The summed E-state index contributed by atoms with van der Waals surface area (Å²) in [7, 11) is 0. The Morgan fingerprint density at radius 1 is 1.06 bits per heavy atom. The van der Waals surface area contributed by atoms with Crippen molar-refractivity contribution in [1.29, 1.82) is 0 Å². The van der Waals surface area contributed by atoms with Gasteiger partial charge in [-0.1, -0.05) is 18.2 Å². The van der Waals surface area contributed by atoms with Crippen LogP contribution in [0.1, 0.15) is 34.6 Å². The first-order valence-corrected chi connectivity index (χ1v) is 10.9. The zero-order chi connectivity index (χ0) is 21.5. The quantitative estimate of drug-likeness (QED) is 0.706. The van der Waals surface area contributed by atoms with Crippen LogP contribution in [0.2, 0.25) is 0 Å². The third kappa shape index (κ3) is 3.76. The molecule has 1 aliphatic carbocycles. The molecule has 1 saturated heterocycles. The topological polar surface area (TPSA) is 75.5 Å². The molecule has 3 heterocycles. The number of hydrogen-bond acceptors (Lipinski definition) is 5. The van der Waals surface area contributed by atoms with E-state index in [0.29, 0.717) is 36.9 Å². The maximum Gasteiger partial charge on any atom is 0.256 e. The van der Waals surface area contributed by atoms with E-state index in [0.717, 1.165) is 34.5 Å². The van der Waals surface area contributed by atoms with Crippen LogP contribution in [-0.2, 0) is 0 Å². The summed E-state index contributed by atoms with van der Waals surface area (Å²) >= 11 is 0. The number of aryl methyl sites for hydroxylation is 2. The van der Waals surface area contributed by atoms with Gasteiger partial charge in [0.25, 0.3) is 5.91 Å². The van der Waals surface area contributed by atoms with E-state index >= 15 is 0 Å². The largest absolute Gasteiger partial charge is 0.486 e. The second-order valence-electron chi connectivity index (χ2n) is 8.84. The lowest BCUT2D eigenvalue weighted by atomic mass is 9.78. The van der Waals surface area contributed by atoms with E-state index in [1.807, 2.05) is 61.2 Å². The molecule has 2 fully saturated rings. The Morgan fingerprint density at radius 2 is 1.84 bits per heavy atom. The molecular weight excluding hydrogens is 390 g/mol. The van der Waals surface area contributed by atoms with Gasteiger partial charge >= 0.3 is 0 Å². The van der Waals surface area contributed by atoms with Gasteiger partial charge in [-0.15, -0.1) is 0 Å². The second kappa shape index (κ2) is 7.93. The number of ether oxygens (including phenoxy) is 1. The molecule has 3 aromatic rings. The predicted octanol–water partition coefficient (Wildman–Crippen LogP) is 3.54. The highest BCUT2D eigenvalue weighted by molar-refractivity contribution is 6.05. The Bertz CT molecular complexity index is 1130. The van der Waals surface area contributed by atoms with Gasteiger partial charge in [-0.3, -0.25) is 14.8 Å². The van der Waals surface area contributed by atoms with E-state index in [1.165, 1.54) is 0 Å². The molecule has 5 rings (SSSR count). The van der Waals surface area contributed by atoms with Crippen LogP contribution in [0, 0.1) is 25.7 Å². The van der Waals surface area contributed by atoms with Gasteiger partial charge < -0.3 is 14.7 Å². The van der Waals surface area contributed by atoms with Crippen molar-refractivity contribution < 1.29 is 14.6 Å². The minimum atomic E-state index is -0.545. The monoisotopic (exact) mass is 417 g/mol. The molecule has 1 aromatic carbocycles. The number of para-hydroxylation sites is 1. The standard InChI is InChI=1S/C25H27N3O3/c1-15-8-9-22(16(2)27-15)31-23-12-19-14-28(13-18(19)11-21(23)29)25(30)20-7-3-5-17-6-4-10-26-24(17)20/h3-10,18-19,21,23,29H,11-14H2,1-2H3/t18-,19+,21+,23+/m0/s1. The van der Waals surface area contributed by atoms with Crippen LogP contribution in [0.3, 0.4) is 0 Å². The van der Waals surface area contributed by atoms with Crippen LogP contribution < -0.4 is 4.74 Å². The Balaban J connectivity index is 1.32. The Labute approximate surface area is 181 Å². The van der Waals surface area contributed by atoms with Gasteiger partial charge in [0.2, 0.25) is 0 Å². The third-order valence-electron chi connectivity index (χ3n) is 6.69. The first-order valence-electron chi connectivity index (χ1n) is 10.9. The van der Waals surface area contributed by atoms with Gasteiger partial charge in [-0.25, -0.2) is 0 Å². The van der Waals surface area contributed by atoms with Crippen LogP contribution >= 0.6 is 0 Å². The number of likely N-dealkylation sites (tertiary alicyclic amines) is 1. The molecule has 0 spiro atoms. The summed E-state index contributed by atoms with van der Waals surface area (Å²) in [6.07, 6.45) is 2.28. The highest BCUT2D eigenvalue weighted by Crippen LogP contribution is 2.39. The van der Waals surface area contributed by atoms with Gasteiger partial charge in [0, 0.05) is 30.4 Å². The molecule has 0 radical (unpaired) electrons. The lowest BCUT2D eigenvalue weighted by molar-refractivity contribution is -0.0236. The number of pyridine rings is 2. The van der Waals surface area contributed by atoms with Gasteiger partial charge in [-0.2, -0.15) is 0 Å². The van der Waals surface area contributed by atoms with E-state index in [2.05, 4.69) is 9.97 Å². The highest BCUT2D eigenvalue weighted by atomic mass is 16.5. The number of hydrogen-bond donors (Lipinski definition) is 1. The average Bonchev–Trinajstić information content (AvgIpc) is 3.17. The van der Waals surface area contributed by atoms with Crippen molar-refractivity contribution in [2.24, 2.45) is 11.8 Å². The number of carbonyl (C=O) groups is 1. The van der Waals surface area contributed by atoms with Gasteiger partial charge in [-0.05, 0) is 62.8 Å². The molecule has 1 amide bonds. The highest BCUT2D eigenvalue weighted by Gasteiger charge is 2.44. The molecule has 0 bridgehead atoms. The summed E-state index contributed by atoms with van der Waals surface area (Å²) in [5.41, 5.74) is 3.17. The third-order valence-corrected chi connectivity index (χ3v) is 6.69. The van der Waals surface area contributed by atoms with Crippen molar-refractivity contribution in [1.82, 2.24) is 14.9 Å². The Morgan fingerprint density at radius 3 is 2.65 bits per heavy atom. The van der Waals surface area contributed by atoms with Crippen LogP contribution in [0.4, 0.5) is 0 Å². The summed E-state index contributed by atoms with van der Waals surface area (Å²) in [4.78, 5) is 24.1. The predicted molar refractivity (Wildman–Crippen MR) is 118 cm³/mol. The number of nitrogens with zero attached hydrogens (tertiary/aromatic N) is 3. The fraction of sp³-hybridized carbons (Fsp3) is 0.400. The zero-order valence-corrected chi connectivity index (χ0v) is 17.9. The van der Waals surface area contributed by atoms with Crippen LogP contribution in [0.5, 0.6) is 5.75 Å². The molecule has 160 valence electrons. The Hall–Kier alpha value is -2.99. The minimum absolute atomic E-state index is 0.0178. The molecule has 2 aliphatic rings. The number of aliphatic hydroxyl groups excluding tert-OH is 1. The lowest BCUT2D eigenvalue weighted by Crippen LogP contribution is -2.42. The molecule has 6 nitrogen and oxygen atoms in total. The smallest absolute Gasteiger partial charge is 0.256 e. The first kappa shape index (κ1) is 19.9. The number of rotatable bonds is 3. The minimum Gasteiger partial charge on any atom is -0.486 e. The molecule has 31 heavy (non-hydrogen) atoms. The van der Waals surface area contributed by atoms with Crippen molar-refractivity contribution in [3.8, 4) is 5.75 Å². The van der Waals surface area contributed by atoms with Gasteiger partial charge in [0.05, 0.1) is 22.9 Å². The van der Waals surface area contributed by atoms with Crippen molar-refractivity contribution in [2.75, 3.05) is 13.1 Å². The van der Waals surface area contributed by atoms with Gasteiger partial charge in [0.15, 0.2) is 0 Å². The van der Waals surface area contributed by atoms with Crippen molar-refractivity contribution in [3.05, 3.63) is 65.6 Å². The van der Waals surface area contributed by atoms with Crippen LogP contribution in [0.25, 0.3) is 10.9 Å². The number of benzene rings is 1. The van der Waals surface area contributed by atoms with Crippen LogP contribution in [0.15, 0.2) is 48.7 Å². The molecule has 1 N–H and O–H groups in total. The van der Waals surface area contributed by atoms with E-state index < -0.39 is 6.10 Å². The number of fused-ring (bicyclic) bond motifs is 2. The summed E-state index contributed by atoms with van der Waals surface area (Å²) in [6, 6.07) is 13.4. The molecule has 4 atom stereocenters. The normalized spacial score (nSPS) is 25.5. The SMILES string of the molecule is Cc1ccc(O[C@@H]2C[C@@H]3CN(C(=O)c4cccc5cccnc45)C[C@@H]3C[C@H]2O)c(C)n1. The van der Waals surface area contributed by atoms with E-state index in [9.17, 15) is 9.90 Å². The van der Waals surface area contributed by atoms with E-state index in [4.69, 9.17) is 4.74 Å². The molecule has 1 saturated carbocycles. The van der Waals surface area contributed by atoms with E-state index in [1.54, 1.807) is 6.20 Å². The number of aliphatic hydroxyl groups is 1. The molecular formula is C25H27N3O3. The fourth-order valence-electron chi connectivity index (χ4n) is 5.09. The molecule has 6 heteroatoms. The zero-order valence-electron chi connectivity index (χ0n) is 17.9. The number of amides is 1. The molecule has 2 aromatic heterocycles. The summed E-state index contributed by atoms with van der Waals surface area (Å²) in [6.45, 7) is 5.23. The lowest BCUT2D eigenvalue weighted by Gasteiger charge is -2.35. The van der Waals surface area contributed by atoms with Crippen molar-refractivity contribution in [3.63, 3.8) is 0 Å². The maximum atomic E-state index is 13.3. The van der Waals surface area contributed by atoms with Crippen molar-refractivity contribution >= 4 is 16.8 Å². The second-order valence-corrected chi connectivity index (χ2v) is 8.84. The first-order chi connectivity index (χ1) is 15.0. The van der Waals surface area contributed by atoms with Gasteiger partial charge in [0.1, 0.15) is 11.9 Å².